The molecule has 42 valence electrons. The predicted molar refractivity (Wildman–Crippen MR) is 29.5 cm³/mol. The largest absolute Gasteiger partial charge is 0.340 e. The third-order valence-corrected chi connectivity index (χ3v) is 0.971. The summed E-state index contributed by atoms with van der Waals surface area (Å²) in [7, 11) is 3.19. The zero-order valence-corrected chi connectivity index (χ0v) is 5.03. The highest BCUT2D eigenvalue weighted by Crippen LogP contribution is 1.67. The SMILES string of the molecule is CN(C)C(O)=S=O. The molecule has 0 aromatic carbocycles. The van der Waals surface area contributed by atoms with E-state index in [2.05, 4.69) is 0 Å². The molecule has 1 N–H and O–H groups in total. The Morgan fingerprint density at radius 1 is 1.71 bits per heavy atom. The van der Waals surface area contributed by atoms with Crippen LogP contribution in [0, 0.1) is 0 Å². The van der Waals surface area contributed by atoms with Crippen molar-refractivity contribution in [2.45, 2.75) is 0 Å². The maximum Gasteiger partial charge on any atom is 0.216 e. The third-order valence-electron chi connectivity index (χ3n) is 0.457. The molecular formula is C3H7NO2S. The van der Waals surface area contributed by atoms with Crippen LogP contribution in [-0.4, -0.2) is 33.5 Å². The second-order valence-corrected chi connectivity index (χ2v) is 1.79. The van der Waals surface area contributed by atoms with Crippen molar-refractivity contribution in [2.75, 3.05) is 14.1 Å². The summed E-state index contributed by atoms with van der Waals surface area (Å²) >= 11 is 0.0810. The van der Waals surface area contributed by atoms with Crippen LogP contribution in [0.4, 0.5) is 0 Å². The van der Waals surface area contributed by atoms with Crippen molar-refractivity contribution in [2.24, 2.45) is 0 Å². The Balaban J connectivity index is 3.81. The van der Waals surface area contributed by atoms with Crippen molar-refractivity contribution >= 4 is 16.4 Å². The Kier molecular flexibility index (Phi) is 2.82. The molecule has 0 aromatic rings. The molecule has 0 fully saturated rings. The van der Waals surface area contributed by atoms with Crippen LogP contribution in [0.15, 0.2) is 0 Å². The molecule has 0 aliphatic carbocycles. The number of hydrogen-bond acceptors (Lipinski definition) is 1. The van der Waals surface area contributed by atoms with Crippen LogP contribution in [-0.2, 0) is 11.3 Å². The molecule has 0 aliphatic heterocycles. The first-order valence-corrected chi connectivity index (χ1v) is 2.45. The fourth-order valence-electron chi connectivity index (χ4n) is 0.0745. The molecule has 3 nitrogen and oxygen atoms in total. The van der Waals surface area contributed by atoms with Crippen LogP contribution >= 0.6 is 0 Å². The van der Waals surface area contributed by atoms with Gasteiger partial charge in [0.05, 0.1) is 0 Å². The highest BCUT2D eigenvalue weighted by atomic mass is 32.1. The van der Waals surface area contributed by atoms with E-state index in [0.717, 1.165) is 0 Å². The molecule has 7 heavy (non-hydrogen) atoms. The summed E-state index contributed by atoms with van der Waals surface area (Å²) in [6.07, 6.45) is 0. The second-order valence-electron chi connectivity index (χ2n) is 1.26. The van der Waals surface area contributed by atoms with Crippen molar-refractivity contribution in [1.82, 2.24) is 4.90 Å². The lowest BCUT2D eigenvalue weighted by atomic mass is 10.9. The Hall–Kier alpha value is -0.190. The average molecular weight is 121 g/mol. The van der Waals surface area contributed by atoms with Crippen molar-refractivity contribution in [3.05, 3.63) is 0 Å². The summed E-state index contributed by atoms with van der Waals surface area (Å²) in [6, 6.07) is 0. The monoisotopic (exact) mass is 121 g/mol. The lowest BCUT2D eigenvalue weighted by Gasteiger charge is -2.00. The zero-order valence-electron chi connectivity index (χ0n) is 4.21. The summed E-state index contributed by atoms with van der Waals surface area (Å²) < 4.78 is 9.66. The maximum absolute atomic E-state index is 9.66. The first kappa shape index (κ1) is 6.81. The Labute approximate surface area is 45.6 Å². The maximum atomic E-state index is 9.66. The van der Waals surface area contributed by atoms with Crippen LogP contribution in [0.3, 0.4) is 0 Å². The van der Waals surface area contributed by atoms with E-state index < -0.39 is 0 Å². The topological polar surface area (TPSA) is 40.5 Å². The molecule has 4 heteroatoms. The number of nitrogens with zero attached hydrogens (tertiary/aromatic N) is 1. The van der Waals surface area contributed by atoms with Crippen molar-refractivity contribution in [3.63, 3.8) is 0 Å². The van der Waals surface area contributed by atoms with E-state index in [9.17, 15) is 4.21 Å². The van der Waals surface area contributed by atoms with E-state index in [0.29, 0.717) is 0 Å². The quantitative estimate of drug-likeness (QED) is 0.435. The fourth-order valence-corrected chi connectivity index (χ4v) is 0.224. The molecule has 0 saturated heterocycles. The van der Waals surface area contributed by atoms with Gasteiger partial charge >= 0.3 is 0 Å². The Morgan fingerprint density at radius 3 is 2.14 bits per heavy atom. The minimum absolute atomic E-state index is 0.0810. The highest BCUT2D eigenvalue weighted by Gasteiger charge is 1.90. The van der Waals surface area contributed by atoms with Gasteiger partial charge in [0.15, 0.2) is 0 Å². The summed E-state index contributed by atoms with van der Waals surface area (Å²) in [5.74, 6) is 0. The molecule has 0 aliphatic rings. The van der Waals surface area contributed by atoms with Crippen LogP contribution in [0.1, 0.15) is 0 Å². The first-order chi connectivity index (χ1) is 3.18. The van der Waals surface area contributed by atoms with Crippen LogP contribution in [0.25, 0.3) is 0 Å². The van der Waals surface area contributed by atoms with Crippen LogP contribution in [0.5, 0.6) is 0 Å². The molecule has 0 amide bonds. The molecule has 0 spiro atoms. The molecule has 0 aromatic heterocycles. The van der Waals surface area contributed by atoms with Gasteiger partial charge in [0.1, 0.15) is 11.3 Å². The summed E-state index contributed by atoms with van der Waals surface area (Å²) in [6.45, 7) is 0. The van der Waals surface area contributed by atoms with Gasteiger partial charge in [0.2, 0.25) is 5.17 Å². The van der Waals surface area contributed by atoms with Gasteiger partial charge in [-0.15, -0.1) is 0 Å². The summed E-state index contributed by atoms with van der Waals surface area (Å²) in [5, 5.41) is 8.22. The Bertz CT molecular complexity index is 106. The average Bonchev–Trinajstić information content (AvgIpc) is 1.65. The summed E-state index contributed by atoms with van der Waals surface area (Å²) in [4.78, 5) is 1.34. The molecule has 0 bridgehead atoms. The minimum atomic E-state index is -0.208. The summed E-state index contributed by atoms with van der Waals surface area (Å²) in [5.41, 5.74) is 0. The van der Waals surface area contributed by atoms with Crippen molar-refractivity contribution in [3.8, 4) is 0 Å². The van der Waals surface area contributed by atoms with E-state index >= 15 is 0 Å². The van der Waals surface area contributed by atoms with E-state index in [1.165, 1.54) is 4.90 Å². The molecular weight excluding hydrogens is 114 g/mol. The number of aliphatic hydroxyl groups is 1. The molecule has 0 radical (unpaired) electrons. The van der Waals surface area contributed by atoms with Gasteiger partial charge in [-0.05, 0) is 14.1 Å². The first-order valence-electron chi connectivity index (χ1n) is 1.71. The van der Waals surface area contributed by atoms with Gasteiger partial charge in [-0.3, -0.25) is 4.90 Å². The van der Waals surface area contributed by atoms with Crippen LogP contribution < -0.4 is 0 Å². The zero-order chi connectivity index (χ0) is 5.86. The van der Waals surface area contributed by atoms with Gasteiger partial charge in [0.25, 0.3) is 0 Å². The van der Waals surface area contributed by atoms with E-state index in [-0.39, 0.29) is 16.4 Å². The van der Waals surface area contributed by atoms with E-state index in [4.69, 9.17) is 5.11 Å². The van der Waals surface area contributed by atoms with Gasteiger partial charge in [0, 0.05) is 0 Å². The second kappa shape index (κ2) is 2.90. The van der Waals surface area contributed by atoms with Gasteiger partial charge < -0.3 is 5.11 Å². The smallest absolute Gasteiger partial charge is 0.216 e. The molecule has 0 unspecified atom stereocenters. The van der Waals surface area contributed by atoms with E-state index in [1.807, 2.05) is 0 Å². The molecule has 0 heterocycles. The molecule has 0 rings (SSSR count). The van der Waals surface area contributed by atoms with Crippen molar-refractivity contribution < 1.29 is 9.32 Å². The standard InChI is InChI=1S/C3H7NO2S/c1-4(2)3(5)7-6/h5H,1-2H3. The molecule has 0 saturated carbocycles. The lowest BCUT2D eigenvalue weighted by Crippen LogP contribution is -2.20. The number of hydrogen-bond donors (Lipinski definition) is 1. The molecule has 0 atom stereocenters. The predicted octanol–water partition coefficient (Wildman–Crippen LogP) is -0.594. The highest BCUT2D eigenvalue weighted by molar-refractivity contribution is 7.65. The fraction of sp³-hybridized carbons (Fsp3) is 0.667. The lowest BCUT2D eigenvalue weighted by molar-refractivity contribution is 0.440. The normalized spacial score (nSPS) is 9.14. The number of rotatable bonds is 0. The van der Waals surface area contributed by atoms with Gasteiger partial charge in [-0.25, -0.2) is 4.21 Å². The number of aliphatic hydroxyl groups excluding tert-OH is 1. The van der Waals surface area contributed by atoms with E-state index in [1.54, 1.807) is 14.1 Å². The van der Waals surface area contributed by atoms with Crippen LogP contribution in [0.2, 0.25) is 0 Å². The van der Waals surface area contributed by atoms with Gasteiger partial charge in [-0.2, -0.15) is 0 Å². The third kappa shape index (κ3) is 2.50. The Morgan fingerprint density at radius 2 is 2.14 bits per heavy atom. The minimum Gasteiger partial charge on any atom is -0.340 e. The van der Waals surface area contributed by atoms with Crippen molar-refractivity contribution in [1.29, 1.82) is 0 Å². The van der Waals surface area contributed by atoms with Gasteiger partial charge in [-0.1, -0.05) is 0 Å².